The second kappa shape index (κ2) is 5.42. The summed E-state index contributed by atoms with van der Waals surface area (Å²) in [5, 5.41) is 9.78. The molecular formula is C12H20N4O. The van der Waals surface area contributed by atoms with Crippen LogP contribution in [-0.2, 0) is 6.42 Å². The van der Waals surface area contributed by atoms with Crippen LogP contribution in [0.1, 0.15) is 37.1 Å². The van der Waals surface area contributed by atoms with Gasteiger partial charge in [0.2, 0.25) is 5.95 Å². The highest BCUT2D eigenvalue weighted by Crippen LogP contribution is 2.20. The van der Waals surface area contributed by atoms with Crippen molar-refractivity contribution < 1.29 is 5.11 Å². The molecule has 5 heteroatoms. The molecule has 2 rings (SSSR count). The van der Waals surface area contributed by atoms with E-state index in [4.69, 9.17) is 5.73 Å². The molecule has 94 valence electrons. The van der Waals surface area contributed by atoms with E-state index in [1.54, 1.807) is 6.20 Å². The highest BCUT2D eigenvalue weighted by molar-refractivity contribution is 5.35. The molecule has 1 unspecified atom stereocenters. The van der Waals surface area contributed by atoms with Gasteiger partial charge in [-0.05, 0) is 19.3 Å². The summed E-state index contributed by atoms with van der Waals surface area (Å²) in [6.07, 6.45) is 4.26. The third-order valence-electron chi connectivity index (χ3n) is 3.19. The summed E-state index contributed by atoms with van der Waals surface area (Å²) in [7, 11) is 0. The summed E-state index contributed by atoms with van der Waals surface area (Å²) in [6, 6.07) is 0. The summed E-state index contributed by atoms with van der Waals surface area (Å²) in [6.45, 7) is 4.30. The van der Waals surface area contributed by atoms with E-state index in [2.05, 4.69) is 14.9 Å². The van der Waals surface area contributed by atoms with Crippen LogP contribution < -0.4 is 10.6 Å². The van der Waals surface area contributed by atoms with Crippen molar-refractivity contribution in [1.29, 1.82) is 0 Å². The Kier molecular flexibility index (Phi) is 3.91. The average molecular weight is 236 g/mol. The number of aromatic nitrogens is 2. The lowest BCUT2D eigenvalue weighted by Crippen LogP contribution is -2.22. The minimum absolute atomic E-state index is 0.208. The minimum atomic E-state index is -0.655. The predicted octanol–water partition coefficient (Wildman–Crippen LogP) is 0.631. The fourth-order valence-corrected chi connectivity index (χ4v) is 2.17. The van der Waals surface area contributed by atoms with Crippen molar-refractivity contribution in [1.82, 2.24) is 9.97 Å². The summed E-state index contributed by atoms with van der Waals surface area (Å²) in [4.78, 5) is 11.1. The molecule has 0 amide bonds. The smallest absolute Gasteiger partial charge is 0.225 e. The van der Waals surface area contributed by atoms with E-state index in [1.807, 2.05) is 6.92 Å². The molecule has 3 N–H and O–H groups in total. The van der Waals surface area contributed by atoms with Crippen LogP contribution in [0.4, 0.5) is 5.95 Å². The van der Waals surface area contributed by atoms with Gasteiger partial charge >= 0.3 is 0 Å². The lowest BCUT2D eigenvalue weighted by molar-refractivity contribution is 0.184. The molecule has 1 fully saturated rings. The summed E-state index contributed by atoms with van der Waals surface area (Å²) in [5.74, 6) is 0.785. The van der Waals surface area contributed by atoms with Crippen molar-refractivity contribution in [3.05, 3.63) is 17.5 Å². The zero-order valence-electron chi connectivity index (χ0n) is 10.3. The quantitative estimate of drug-likeness (QED) is 0.802. The van der Waals surface area contributed by atoms with Gasteiger partial charge in [0.25, 0.3) is 0 Å². The maximum atomic E-state index is 9.78. The number of rotatable bonds is 4. The van der Waals surface area contributed by atoms with E-state index in [1.165, 1.54) is 12.8 Å². The van der Waals surface area contributed by atoms with Crippen molar-refractivity contribution in [3.8, 4) is 0 Å². The Labute approximate surface area is 102 Å². The first kappa shape index (κ1) is 12.3. The number of aliphatic hydroxyl groups excluding tert-OH is 1. The number of aryl methyl sites for hydroxylation is 1. The van der Waals surface area contributed by atoms with Crippen LogP contribution in [-0.4, -0.2) is 34.7 Å². The molecule has 1 saturated heterocycles. The number of hydrogen-bond donors (Lipinski definition) is 2. The van der Waals surface area contributed by atoms with E-state index in [-0.39, 0.29) is 6.54 Å². The van der Waals surface area contributed by atoms with Crippen molar-refractivity contribution in [2.75, 3.05) is 24.5 Å². The Balaban J connectivity index is 2.26. The highest BCUT2D eigenvalue weighted by atomic mass is 16.3. The van der Waals surface area contributed by atoms with Crippen molar-refractivity contribution in [2.24, 2.45) is 5.73 Å². The molecule has 17 heavy (non-hydrogen) atoms. The van der Waals surface area contributed by atoms with Crippen molar-refractivity contribution in [3.63, 3.8) is 0 Å². The molecule has 0 radical (unpaired) electrons. The Morgan fingerprint density at radius 2 is 2.18 bits per heavy atom. The number of anilines is 1. The number of nitrogens with zero attached hydrogens (tertiary/aromatic N) is 3. The molecule has 1 aliphatic rings. The van der Waals surface area contributed by atoms with Gasteiger partial charge in [-0.15, -0.1) is 0 Å². The van der Waals surface area contributed by atoms with Crippen LogP contribution in [0.2, 0.25) is 0 Å². The third kappa shape index (κ3) is 2.56. The van der Waals surface area contributed by atoms with Crippen LogP contribution in [0, 0.1) is 0 Å². The van der Waals surface area contributed by atoms with Crippen molar-refractivity contribution >= 4 is 5.95 Å². The second-order valence-electron chi connectivity index (χ2n) is 4.37. The zero-order chi connectivity index (χ0) is 12.3. The maximum Gasteiger partial charge on any atom is 0.225 e. The van der Waals surface area contributed by atoms with Gasteiger partial charge in [0.1, 0.15) is 0 Å². The second-order valence-corrected chi connectivity index (χ2v) is 4.37. The highest BCUT2D eigenvalue weighted by Gasteiger charge is 2.18. The first-order chi connectivity index (χ1) is 8.26. The number of nitrogens with two attached hydrogens (primary N) is 1. The fraction of sp³-hybridized carbons (Fsp3) is 0.667. The normalized spacial score (nSPS) is 17.5. The third-order valence-corrected chi connectivity index (χ3v) is 3.19. The molecule has 0 spiro atoms. The van der Waals surface area contributed by atoms with Gasteiger partial charge in [-0.1, -0.05) is 6.92 Å². The monoisotopic (exact) mass is 236 g/mol. The van der Waals surface area contributed by atoms with Gasteiger partial charge in [0.15, 0.2) is 0 Å². The number of hydrogen-bond acceptors (Lipinski definition) is 5. The van der Waals surface area contributed by atoms with Gasteiger partial charge in [-0.3, -0.25) is 0 Å². The largest absolute Gasteiger partial charge is 0.387 e. The van der Waals surface area contributed by atoms with Crippen LogP contribution in [0.25, 0.3) is 0 Å². The first-order valence-corrected chi connectivity index (χ1v) is 6.25. The molecule has 1 aromatic heterocycles. The van der Waals surface area contributed by atoms with E-state index in [0.717, 1.165) is 36.7 Å². The average Bonchev–Trinajstić information content (AvgIpc) is 2.91. The molecule has 0 bridgehead atoms. The summed E-state index contributed by atoms with van der Waals surface area (Å²) in [5.41, 5.74) is 7.14. The van der Waals surface area contributed by atoms with Crippen LogP contribution in [0.15, 0.2) is 6.20 Å². The number of aliphatic hydroxyl groups is 1. The standard InChI is InChI=1S/C12H20N4O/c1-2-10-9(11(17)7-13)8-14-12(15-10)16-5-3-4-6-16/h8,11,17H,2-7,13H2,1H3. The van der Waals surface area contributed by atoms with Crippen LogP contribution in [0.3, 0.4) is 0 Å². The molecule has 1 aromatic rings. The van der Waals surface area contributed by atoms with Crippen molar-refractivity contribution in [2.45, 2.75) is 32.3 Å². The lowest BCUT2D eigenvalue weighted by atomic mass is 10.1. The Morgan fingerprint density at radius 1 is 1.47 bits per heavy atom. The van der Waals surface area contributed by atoms with Gasteiger partial charge in [-0.25, -0.2) is 9.97 Å². The topological polar surface area (TPSA) is 75.3 Å². The molecule has 1 aliphatic heterocycles. The lowest BCUT2D eigenvalue weighted by Gasteiger charge is -2.18. The molecule has 2 heterocycles. The molecule has 1 atom stereocenters. The summed E-state index contributed by atoms with van der Waals surface area (Å²) < 4.78 is 0. The molecular weight excluding hydrogens is 216 g/mol. The van der Waals surface area contributed by atoms with Gasteiger partial charge in [0, 0.05) is 31.4 Å². The van der Waals surface area contributed by atoms with Crippen LogP contribution >= 0.6 is 0 Å². The Morgan fingerprint density at radius 3 is 2.76 bits per heavy atom. The summed E-state index contributed by atoms with van der Waals surface area (Å²) >= 11 is 0. The Bertz CT molecular complexity index is 377. The zero-order valence-corrected chi connectivity index (χ0v) is 10.3. The minimum Gasteiger partial charge on any atom is -0.387 e. The fourth-order valence-electron chi connectivity index (χ4n) is 2.17. The first-order valence-electron chi connectivity index (χ1n) is 6.25. The van der Waals surface area contributed by atoms with E-state index < -0.39 is 6.10 Å². The van der Waals surface area contributed by atoms with Crippen LogP contribution in [0.5, 0.6) is 0 Å². The van der Waals surface area contributed by atoms with E-state index >= 15 is 0 Å². The Hall–Kier alpha value is -1.20. The van der Waals surface area contributed by atoms with Gasteiger partial charge < -0.3 is 15.7 Å². The SMILES string of the molecule is CCc1nc(N2CCCC2)ncc1C(O)CN. The van der Waals surface area contributed by atoms with Gasteiger partial charge in [-0.2, -0.15) is 0 Å². The van der Waals surface area contributed by atoms with E-state index in [9.17, 15) is 5.11 Å². The molecule has 0 aromatic carbocycles. The molecule has 0 aliphatic carbocycles. The molecule has 5 nitrogen and oxygen atoms in total. The predicted molar refractivity (Wildman–Crippen MR) is 66.9 cm³/mol. The maximum absolute atomic E-state index is 9.78. The van der Waals surface area contributed by atoms with Gasteiger partial charge in [0.05, 0.1) is 11.8 Å². The van der Waals surface area contributed by atoms with E-state index in [0.29, 0.717) is 0 Å². The molecule has 0 saturated carbocycles.